The predicted octanol–water partition coefficient (Wildman–Crippen LogP) is 16.7. The van der Waals surface area contributed by atoms with Crippen molar-refractivity contribution in [3.05, 3.63) is 85.1 Å². The van der Waals surface area contributed by atoms with E-state index in [-0.39, 0.29) is 25.9 Å². The molecule has 2 N–H and O–H groups in total. The van der Waals surface area contributed by atoms with E-state index in [1.54, 1.807) is 6.08 Å². The van der Waals surface area contributed by atoms with Gasteiger partial charge >= 0.3 is 25.7 Å². The molecule has 0 rings (SSSR count). The summed E-state index contributed by atoms with van der Waals surface area (Å²) in [5.41, 5.74) is 0. The summed E-state index contributed by atoms with van der Waals surface area (Å²) in [6, 6.07) is 0. The molecule has 0 aliphatic rings. The van der Waals surface area contributed by atoms with Crippen LogP contribution in [0.4, 0.5) is 0 Å². The summed E-state index contributed by atoms with van der Waals surface area (Å²) in [6.07, 6.45) is 61.5. The average Bonchev–Trinajstić information content (AvgIpc) is 3.37. The number of phosphoric ester groups is 1. The molecule has 0 heterocycles. The third-order valence-corrected chi connectivity index (χ3v) is 12.8. The lowest BCUT2D eigenvalue weighted by molar-refractivity contribution is -0.160. The fourth-order valence-corrected chi connectivity index (χ4v) is 8.26. The van der Waals surface area contributed by atoms with Crippen LogP contribution in [-0.2, 0) is 42.2 Å². The third kappa shape index (κ3) is 51.6. The Morgan fingerprint density at radius 3 is 1.22 bits per heavy atom. The highest BCUT2D eigenvalue weighted by molar-refractivity contribution is 7.47. The number of unbranched alkanes of at least 4 members (excludes halogenated alkanes) is 22. The van der Waals surface area contributed by atoms with Gasteiger partial charge in [0.25, 0.3) is 0 Å². The van der Waals surface area contributed by atoms with Gasteiger partial charge in [-0.1, -0.05) is 209 Å². The van der Waals surface area contributed by atoms with Crippen molar-refractivity contribution >= 4 is 25.7 Å². The highest BCUT2D eigenvalue weighted by Crippen LogP contribution is 2.43. The van der Waals surface area contributed by atoms with Crippen molar-refractivity contribution < 1.29 is 52.2 Å². The Bertz CT molecular complexity index is 1530. The minimum Gasteiger partial charge on any atom is -0.462 e. The molecule has 414 valence electrons. The van der Waals surface area contributed by atoms with Crippen molar-refractivity contribution in [2.45, 2.75) is 251 Å². The fourth-order valence-electron chi connectivity index (χ4n) is 7.48. The summed E-state index contributed by atoms with van der Waals surface area (Å²) in [7, 11) is -4.78. The molecule has 0 spiro atoms. The first-order chi connectivity index (χ1) is 35.2. The van der Waals surface area contributed by atoms with Crippen LogP contribution >= 0.6 is 7.82 Å². The molecule has 0 radical (unpaired) electrons. The van der Waals surface area contributed by atoms with Crippen molar-refractivity contribution in [1.29, 1.82) is 0 Å². The quantitative estimate of drug-likeness (QED) is 0.0197. The zero-order valence-electron chi connectivity index (χ0n) is 45.6. The standard InChI is InChI=1S/C60H103O11P/c1-4-7-10-13-16-19-22-25-27-28-30-32-34-37-40-43-46-49-58(62)67-53-57(71-60(64)51-48-45-42-39-36-33-29-26-23-20-17-14-11-8-5-2)55-69-72(65,66)68-54-56(52-61)70-59(63)50-47-44-41-38-35-31-24-21-18-15-12-9-6-3/h8,11,17,20-21,24-27,29,36,39,45,48,56-57,61H,4-7,9-10,12-16,18-19,22-23,28,30-35,37-38,40-44,46-47,49-55H2,1-3H3,(H,65,66)/b11-8-,20-17-,24-21-,27-25-,29-26-,39-36-,48-45-. The zero-order chi connectivity index (χ0) is 52.7. The number of hydrogen-bond acceptors (Lipinski definition) is 10. The minimum absolute atomic E-state index is 0.0678. The van der Waals surface area contributed by atoms with E-state index in [0.717, 1.165) is 89.9 Å². The first kappa shape index (κ1) is 68.7. The summed E-state index contributed by atoms with van der Waals surface area (Å²) in [5.74, 6) is -1.63. The average molecular weight is 1030 g/mol. The van der Waals surface area contributed by atoms with Gasteiger partial charge in [-0.2, -0.15) is 0 Å². The number of ether oxygens (including phenoxy) is 3. The number of aliphatic hydroxyl groups excluding tert-OH is 1. The first-order valence-electron chi connectivity index (χ1n) is 28.5. The number of rotatable bonds is 52. The monoisotopic (exact) mass is 1030 g/mol. The Balaban J connectivity index is 4.84. The van der Waals surface area contributed by atoms with E-state index in [0.29, 0.717) is 19.3 Å². The van der Waals surface area contributed by atoms with Gasteiger partial charge < -0.3 is 24.2 Å². The lowest BCUT2D eigenvalue weighted by atomic mass is 10.1. The lowest BCUT2D eigenvalue weighted by Gasteiger charge is -2.21. The Hall–Kier alpha value is -3.34. The summed E-state index contributed by atoms with van der Waals surface area (Å²) < 4.78 is 39.3. The zero-order valence-corrected chi connectivity index (χ0v) is 46.5. The van der Waals surface area contributed by atoms with Gasteiger partial charge in [-0.25, -0.2) is 4.57 Å². The molecule has 0 saturated carbocycles. The van der Waals surface area contributed by atoms with Crippen LogP contribution in [0.3, 0.4) is 0 Å². The third-order valence-electron chi connectivity index (χ3n) is 11.8. The van der Waals surface area contributed by atoms with Gasteiger partial charge in [0.2, 0.25) is 0 Å². The van der Waals surface area contributed by atoms with Crippen LogP contribution in [-0.4, -0.2) is 66.5 Å². The second kappa shape index (κ2) is 53.9. The molecule has 0 amide bonds. The molecule has 3 unspecified atom stereocenters. The van der Waals surface area contributed by atoms with Gasteiger partial charge in [-0.15, -0.1) is 0 Å². The molecule has 0 aromatic heterocycles. The molecule has 72 heavy (non-hydrogen) atoms. The van der Waals surface area contributed by atoms with Crippen molar-refractivity contribution in [2.75, 3.05) is 26.4 Å². The molecule has 0 aromatic rings. The maximum absolute atomic E-state index is 12.9. The number of carbonyl (C=O) groups is 3. The van der Waals surface area contributed by atoms with Gasteiger partial charge in [0, 0.05) is 12.8 Å². The molecule has 0 aromatic carbocycles. The Labute approximate surface area is 439 Å². The van der Waals surface area contributed by atoms with Crippen LogP contribution in [0.1, 0.15) is 239 Å². The molecular formula is C60H103O11P. The van der Waals surface area contributed by atoms with E-state index in [1.807, 2.05) is 12.2 Å². The summed E-state index contributed by atoms with van der Waals surface area (Å²) >= 11 is 0. The Morgan fingerprint density at radius 1 is 0.417 bits per heavy atom. The molecule has 11 nitrogen and oxygen atoms in total. The Morgan fingerprint density at radius 2 is 0.778 bits per heavy atom. The molecule has 0 aliphatic heterocycles. The molecule has 0 fully saturated rings. The topological polar surface area (TPSA) is 155 Å². The van der Waals surface area contributed by atoms with Crippen LogP contribution in [0.15, 0.2) is 85.1 Å². The highest BCUT2D eigenvalue weighted by Gasteiger charge is 2.28. The normalized spacial score (nSPS) is 14.0. The van der Waals surface area contributed by atoms with Crippen LogP contribution in [0.25, 0.3) is 0 Å². The molecule has 0 bridgehead atoms. The number of allylic oxidation sites excluding steroid dienone is 13. The summed E-state index contributed by atoms with van der Waals surface area (Å²) in [6.45, 7) is 4.39. The van der Waals surface area contributed by atoms with Crippen LogP contribution in [0.5, 0.6) is 0 Å². The van der Waals surface area contributed by atoms with Crippen LogP contribution < -0.4 is 0 Å². The minimum atomic E-state index is -4.78. The van der Waals surface area contributed by atoms with E-state index in [4.69, 9.17) is 23.3 Å². The van der Waals surface area contributed by atoms with E-state index >= 15 is 0 Å². The first-order valence-corrected chi connectivity index (χ1v) is 30.0. The number of aliphatic hydroxyl groups is 1. The summed E-state index contributed by atoms with van der Waals surface area (Å²) in [5, 5.41) is 9.79. The molecule has 0 aliphatic carbocycles. The van der Waals surface area contributed by atoms with Gasteiger partial charge in [0.05, 0.1) is 26.2 Å². The van der Waals surface area contributed by atoms with Gasteiger partial charge in [-0.05, 0) is 96.3 Å². The van der Waals surface area contributed by atoms with E-state index < -0.39 is 57.8 Å². The van der Waals surface area contributed by atoms with E-state index in [9.17, 15) is 28.9 Å². The smallest absolute Gasteiger partial charge is 0.462 e. The lowest BCUT2D eigenvalue weighted by Crippen LogP contribution is -2.30. The summed E-state index contributed by atoms with van der Waals surface area (Å²) in [4.78, 5) is 48.4. The largest absolute Gasteiger partial charge is 0.472 e. The highest BCUT2D eigenvalue weighted by atomic mass is 31.2. The van der Waals surface area contributed by atoms with Crippen molar-refractivity contribution in [3.63, 3.8) is 0 Å². The van der Waals surface area contributed by atoms with E-state index in [1.165, 1.54) is 89.9 Å². The number of phosphoric acid groups is 1. The SMILES string of the molecule is CC/C=C\C/C=C\C/C=C\C/C=C\C/C=C\CC(=O)OC(COC(=O)CCCCCCCCC/C=C\CCCCCCCC)COP(=O)(O)OCC(CO)OC(=O)CCCCCCC/C=C\CCCCCC. The maximum atomic E-state index is 12.9. The molecule has 0 saturated heterocycles. The molecule has 12 heteroatoms. The van der Waals surface area contributed by atoms with Crippen molar-refractivity contribution in [1.82, 2.24) is 0 Å². The molecule has 3 atom stereocenters. The second-order valence-corrected chi connectivity index (χ2v) is 20.2. The number of hydrogen-bond donors (Lipinski definition) is 2. The molecular weight excluding hydrogens is 928 g/mol. The number of esters is 3. The van der Waals surface area contributed by atoms with Crippen LogP contribution in [0, 0.1) is 0 Å². The number of carbonyl (C=O) groups excluding carboxylic acids is 3. The maximum Gasteiger partial charge on any atom is 0.472 e. The second-order valence-electron chi connectivity index (χ2n) is 18.7. The van der Waals surface area contributed by atoms with Crippen molar-refractivity contribution in [3.8, 4) is 0 Å². The van der Waals surface area contributed by atoms with Gasteiger partial charge in [0.1, 0.15) is 12.7 Å². The fraction of sp³-hybridized carbons (Fsp3) is 0.717. The van der Waals surface area contributed by atoms with Gasteiger partial charge in [0.15, 0.2) is 6.10 Å². The van der Waals surface area contributed by atoms with Crippen LogP contribution in [0.2, 0.25) is 0 Å². The predicted molar refractivity (Wildman–Crippen MR) is 298 cm³/mol. The van der Waals surface area contributed by atoms with E-state index in [2.05, 4.69) is 87.6 Å². The Kier molecular flexibility index (Phi) is 51.4. The van der Waals surface area contributed by atoms with Crippen molar-refractivity contribution in [2.24, 2.45) is 0 Å². The van der Waals surface area contributed by atoms with Gasteiger partial charge in [-0.3, -0.25) is 23.4 Å².